The first-order chi connectivity index (χ1) is 6.85. The third-order valence-corrected chi connectivity index (χ3v) is 4.32. The molecule has 96 valence electrons. The van der Waals surface area contributed by atoms with Crippen molar-refractivity contribution in [3.63, 3.8) is 0 Å². The lowest BCUT2D eigenvalue weighted by molar-refractivity contribution is 0.231. The Kier molecular flexibility index (Phi) is 4.38. The maximum atomic E-state index is 11.4. The van der Waals surface area contributed by atoms with E-state index in [0.29, 0.717) is 0 Å². The average molecular weight is 250 g/mol. The third-order valence-electron chi connectivity index (χ3n) is 2.17. The van der Waals surface area contributed by atoms with Crippen molar-refractivity contribution < 1.29 is 13.2 Å². The van der Waals surface area contributed by atoms with Crippen molar-refractivity contribution in [3.8, 4) is 0 Å². The van der Waals surface area contributed by atoms with Crippen LogP contribution >= 0.6 is 0 Å². The monoisotopic (exact) mass is 250 g/mol. The number of amides is 2. The smallest absolute Gasteiger partial charge is 0.315 e. The molecule has 0 heterocycles. The first-order valence-electron chi connectivity index (χ1n) is 5.11. The molecule has 0 aliphatic rings. The molecule has 0 radical (unpaired) electrons. The van der Waals surface area contributed by atoms with Crippen molar-refractivity contribution in [2.75, 3.05) is 12.8 Å². The summed E-state index contributed by atoms with van der Waals surface area (Å²) in [5.41, 5.74) is -0.334. The van der Waals surface area contributed by atoms with Gasteiger partial charge in [0.15, 0.2) is 9.84 Å². The molecule has 0 aliphatic carbocycles. The fraction of sp³-hybridized carbons (Fsp3) is 0.900. The van der Waals surface area contributed by atoms with Crippen molar-refractivity contribution in [2.24, 2.45) is 0 Å². The molecule has 6 heteroatoms. The zero-order valence-electron chi connectivity index (χ0n) is 10.8. The van der Waals surface area contributed by atoms with E-state index >= 15 is 0 Å². The summed E-state index contributed by atoms with van der Waals surface area (Å²) in [5.74, 6) is 0. The van der Waals surface area contributed by atoms with Gasteiger partial charge in [-0.15, -0.1) is 0 Å². The van der Waals surface area contributed by atoms with E-state index in [4.69, 9.17) is 0 Å². The molecule has 2 N–H and O–H groups in total. The van der Waals surface area contributed by atoms with Crippen LogP contribution < -0.4 is 10.6 Å². The summed E-state index contributed by atoms with van der Waals surface area (Å²) < 4.78 is 21.8. The van der Waals surface area contributed by atoms with Crippen LogP contribution in [0.15, 0.2) is 0 Å². The van der Waals surface area contributed by atoms with E-state index < -0.39 is 14.6 Å². The minimum absolute atomic E-state index is 0.0910. The average Bonchev–Trinajstić information content (AvgIpc) is 1.95. The summed E-state index contributed by atoms with van der Waals surface area (Å²) in [7, 11) is -3.18. The maximum Gasteiger partial charge on any atom is 0.315 e. The number of sulfone groups is 1. The summed E-state index contributed by atoms with van der Waals surface area (Å²) in [6.07, 6.45) is 1.16. The number of carbonyl (C=O) groups is 1. The molecule has 0 aromatic rings. The minimum Gasteiger partial charge on any atom is -0.337 e. The summed E-state index contributed by atoms with van der Waals surface area (Å²) in [5, 5.41) is 5.26. The summed E-state index contributed by atoms with van der Waals surface area (Å²) in [6, 6.07) is -0.357. The number of hydrogen-bond donors (Lipinski definition) is 2. The van der Waals surface area contributed by atoms with E-state index in [1.807, 2.05) is 20.8 Å². The SMILES string of the molecule is CC(C)(C)NC(=O)NCC(C)(C)S(C)(=O)=O. The molecule has 0 saturated carbocycles. The van der Waals surface area contributed by atoms with Gasteiger partial charge in [0.25, 0.3) is 0 Å². The van der Waals surface area contributed by atoms with E-state index in [1.165, 1.54) is 0 Å². The van der Waals surface area contributed by atoms with Crippen LogP contribution in [-0.2, 0) is 9.84 Å². The van der Waals surface area contributed by atoms with Crippen molar-refractivity contribution in [3.05, 3.63) is 0 Å². The van der Waals surface area contributed by atoms with Gasteiger partial charge in [0, 0.05) is 18.3 Å². The first kappa shape index (κ1) is 15.2. The molecule has 0 bridgehead atoms. The van der Waals surface area contributed by atoms with Crippen molar-refractivity contribution in [2.45, 2.75) is 44.9 Å². The Morgan fingerprint density at radius 3 is 1.88 bits per heavy atom. The molecule has 0 atom stereocenters. The van der Waals surface area contributed by atoms with E-state index in [9.17, 15) is 13.2 Å². The molecule has 16 heavy (non-hydrogen) atoms. The fourth-order valence-electron chi connectivity index (χ4n) is 0.809. The summed E-state index contributed by atoms with van der Waals surface area (Å²) in [4.78, 5) is 11.4. The fourth-order valence-corrected chi connectivity index (χ4v) is 1.14. The number of hydrogen-bond acceptors (Lipinski definition) is 3. The van der Waals surface area contributed by atoms with Crippen molar-refractivity contribution in [1.82, 2.24) is 10.6 Å². The molecule has 2 amide bonds. The van der Waals surface area contributed by atoms with E-state index in [1.54, 1.807) is 13.8 Å². The molecule has 0 aromatic heterocycles. The summed E-state index contributed by atoms with van der Waals surface area (Å²) >= 11 is 0. The van der Waals surface area contributed by atoms with Crippen LogP contribution in [0, 0.1) is 0 Å². The van der Waals surface area contributed by atoms with E-state index in [-0.39, 0.29) is 18.1 Å². The van der Waals surface area contributed by atoms with Crippen molar-refractivity contribution >= 4 is 15.9 Å². The van der Waals surface area contributed by atoms with Crippen LogP contribution in [0.2, 0.25) is 0 Å². The van der Waals surface area contributed by atoms with Gasteiger partial charge in [0.2, 0.25) is 0 Å². The van der Waals surface area contributed by atoms with Crippen LogP contribution in [0.5, 0.6) is 0 Å². The topological polar surface area (TPSA) is 75.3 Å². The third kappa shape index (κ3) is 5.34. The second-order valence-electron chi connectivity index (χ2n) is 5.59. The van der Waals surface area contributed by atoms with Gasteiger partial charge in [-0.25, -0.2) is 13.2 Å². The van der Waals surface area contributed by atoms with Gasteiger partial charge in [-0.2, -0.15) is 0 Å². The molecule has 0 fully saturated rings. The molecule has 0 saturated heterocycles. The van der Waals surface area contributed by atoms with Gasteiger partial charge in [0.05, 0.1) is 4.75 Å². The largest absolute Gasteiger partial charge is 0.337 e. The molecule has 0 spiro atoms. The number of urea groups is 1. The standard InChI is InChI=1S/C10H22N2O3S/c1-9(2,3)12-8(13)11-7-10(4,5)16(6,14)15/h7H2,1-6H3,(H2,11,12,13). The van der Waals surface area contributed by atoms with Gasteiger partial charge in [0.1, 0.15) is 0 Å². The predicted octanol–water partition coefficient (Wildman–Crippen LogP) is 0.907. The quantitative estimate of drug-likeness (QED) is 0.781. The minimum atomic E-state index is -3.18. The molecular weight excluding hydrogens is 228 g/mol. The highest BCUT2D eigenvalue weighted by atomic mass is 32.2. The number of carbonyl (C=O) groups excluding carboxylic acids is 1. The highest BCUT2D eigenvalue weighted by Gasteiger charge is 2.30. The Labute approximate surface area is 97.9 Å². The second-order valence-corrected chi connectivity index (χ2v) is 8.24. The summed E-state index contributed by atoms with van der Waals surface area (Å²) in [6.45, 7) is 8.82. The molecule has 0 aromatic carbocycles. The number of nitrogens with one attached hydrogen (secondary N) is 2. The Morgan fingerprint density at radius 1 is 1.12 bits per heavy atom. The molecule has 0 rings (SSSR count). The van der Waals surface area contributed by atoms with Crippen LogP contribution in [0.25, 0.3) is 0 Å². The van der Waals surface area contributed by atoms with Crippen molar-refractivity contribution in [1.29, 1.82) is 0 Å². The zero-order valence-corrected chi connectivity index (χ0v) is 11.7. The van der Waals surface area contributed by atoms with Crippen LogP contribution in [0.4, 0.5) is 4.79 Å². The molecule has 5 nitrogen and oxygen atoms in total. The van der Waals surface area contributed by atoms with Gasteiger partial charge >= 0.3 is 6.03 Å². The lowest BCUT2D eigenvalue weighted by Gasteiger charge is -2.25. The maximum absolute atomic E-state index is 11.4. The van der Waals surface area contributed by atoms with Gasteiger partial charge in [-0.05, 0) is 34.6 Å². The molecule has 0 aliphatic heterocycles. The van der Waals surface area contributed by atoms with Gasteiger partial charge < -0.3 is 10.6 Å². The van der Waals surface area contributed by atoms with Gasteiger partial charge in [-0.3, -0.25) is 0 Å². The Hall–Kier alpha value is -0.780. The Balaban J connectivity index is 4.33. The zero-order chi connectivity index (χ0) is 13.2. The lowest BCUT2D eigenvalue weighted by atomic mass is 10.1. The normalized spacial score (nSPS) is 13.4. The van der Waals surface area contributed by atoms with Crippen LogP contribution in [0.1, 0.15) is 34.6 Å². The van der Waals surface area contributed by atoms with Gasteiger partial charge in [-0.1, -0.05) is 0 Å². The van der Waals surface area contributed by atoms with Crippen LogP contribution in [-0.4, -0.2) is 37.5 Å². The highest BCUT2D eigenvalue weighted by molar-refractivity contribution is 7.92. The number of rotatable bonds is 3. The van der Waals surface area contributed by atoms with E-state index in [2.05, 4.69) is 10.6 Å². The Bertz CT molecular complexity index is 353. The van der Waals surface area contributed by atoms with E-state index in [0.717, 1.165) is 6.26 Å². The highest BCUT2D eigenvalue weighted by Crippen LogP contribution is 2.13. The first-order valence-corrected chi connectivity index (χ1v) is 7.00. The second kappa shape index (κ2) is 4.61. The molecular formula is C10H22N2O3S. The van der Waals surface area contributed by atoms with Crippen LogP contribution in [0.3, 0.4) is 0 Å². The molecule has 0 unspecified atom stereocenters. The Morgan fingerprint density at radius 2 is 1.56 bits per heavy atom. The predicted molar refractivity (Wildman–Crippen MR) is 65.2 cm³/mol. The lowest BCUT2D eigenvalue weighted by Crippen LogP contribution is -2.51.